The average molecular weight is 466 g/mol. The summed E-state index contributed by atoms with van der Waals surface area (Å²) in [6.45, 7) is 0. The van der Waals surface area contributed by atoms with Crippen LogP contribution in [0.25, 0.3) is 16.9 Å². The van der Waals surface area contributed by atoms with Gasteiger partial charge in [0.2, 0.25) is 0 Å². The van der Waals surface area contributed by atoms with Gasteiger partial charge in [-0.05, 0) is 36.5 Å². The molecule has 0 unspecified atom stereocenters. The number of anilines is 1. The van der Waals surface area contributed by atoms with Crippen molar-refractivity contribution in [2.75, 3.05) is 5.32 Å². The molecule has 0 saturated heterocycles. The number of rotatable bonds is 5. The van der Waals surface area contributed by atoms with Gasteiger partial charge in [-0.1, -0.05) is 60.7 Å². The fourth-order valence-corrected chi connectivity index (χ4v) is 3.33. The standard InChI is InChI=1S/C24H18F3N5S/c25-24(26,27)20-13-7-8-14-21(20)29-23(33)30-28-15-18-16-32(19-11-5-2-6-12-19)31-22(18)17-9-3-1-4-10-17/h1-16H,(H2,29,30,33)/b28-15-. The van der Waals surface area contributed by atoms with Gasteiger partial charge in [0.05, 0.1) is 23.2 Å². The minimum atomic E-state index is -4.50. The van der Waals surface area contributed by atoms with Crippen molar-refractivity contribution >= 4 is 29.2 Å². The monoisotopic (exact) mass is 465 g/mol. The Balaban J connectivity index is 1.55. The van der Waals surface area contributed by atoms with Crippen molar-refractivity contribution in [1.82, 2.24) is 15.2 Å². The molecule has 4 aromatic rings. The van der Waals surface area contributed by atoms with Gasteiger partial charge in [0.15, 0.2) is 5.11 Å². The number of nitrogens with zero attached hydrogens (tertiary/aromatic N) is 3. The first kappa shape index (κ1) is 22.2. The van der Waals surface area contributed by atoms with E-state index in [9.17, 15) is 13.2 Å². The van der Waals surface area contributed by atoms with E-state index in [-0.39, 0.29) is 10.8 Å². The van der Waals surface area contributed by atoms with E-state index in [1.807, 2.05) is 66.9 Å². The molecule has 0 amide bonds. The summed E-state index contributed by atoms with van der Waals surface area (Å²) in [5, 5.41) is 11.3. The highest BCUT2D eigenvalue weighted by Gasteiger charge is 2.33. The summed E-state index contributed by atoms with van der Waals surface area (Å²) in [6.07, 6.45) is -1.16. The topological polar surface area (TPSA) is 54.2 Å². The van der Waals surface area contributed by atoms with Crippen molar-refractivity contribution in [1.29, 1.82) is 0 Å². The van der Waals surface area contributed by atoms with E-state index >= 15 is 0 Å². The van der Waals surface area contributed by atoms with Gasteiger partial charge in [-0.25, -0.2) is 4.68 Å². The number of alkyl halides is 3. The Morgan fingerprint density at radius 1 is 0.909 bits per heavy atom. The van der Waals surface area contributed by atoms with E-state index in [4.69, 9.17) is 12.2 Å². The van der Waals surface area contributed by atoms with Crippen LogP contribution in [0.15, 0.2) is 96.2 Å². The smallest absolute Gasteiger partial charge is 0.331 e. The third kappa shape index (κ3) is 5.45. The van der Waals surface area contributed by atoms with E-state index in [0.29, 0.717) is 11.3 Å². The summed E-state index contributed by atoms with van der Waals surface area (Å²) < 4.78 is 41.3. The Labute approximate surface area is 193 Å². The molecule has 0 atom stereocenters. The second-order valence-corrected chi connectivity index (χ2v) is 7.35. The van der Waals surface area contributed by atoms with Crippen molar-refractivity contribution in [2.45, 2.75) is 6.18 Å². The molecule has 0 bridgehead atoms. The van der Waals surface area contributed by atoms with Crippen molar-refractivity contribution < 1.29 is 13.2 Å². The summed E-state index contributed by atoms with van der Waals surface area (Å²) in [7, 11) is 0. The maximum Gasteiger partial charge on any atom is 0.418 e. The summed E-state index contributed by atoms with van der Waals surface area (Å²) in [6, 6.07) is 24.3. The van der Waals surface area contributed by atoms with Gasteiger partial charge >= 0.3 is 6.18 Å². The van der Waals surface area contributed by atoms with Crippen LogP contribution < -0.4 is 10.7 Å². The third-order valence-electron chi connectivity index (χ3n) is 4.66. The molecule has 1 heterocycles. The number of benzene rings is 3. The van der Waals surface area contributed by atoms with Gasteiger partial charge < -0.3 is 5.32 Å². The molecule has 166 valence electrons. The normalized spacial score (nSPS) is 11.5. The van der Waals surface area contributed by atoms with Crippen LogP contribution in [-0.4, -0.2) is 21.1 Å². The van der Waals surface area contributed by atoms with Crippen molar-refractivity contribution in [3.8, 4) is 16.9 Å². The number of nitrogens with one attached hydrogen (secondary N) is 2. The van der Waals surface area contributed by atoms with Crippen LogP contribution in [0.3, 0.4) is 0 Å². The quantitative estimate of drug-likeness (QED) is 0.220. The number of para-hydroxylation sites is 2. The fourth-order valence-electron chi connectivity index (χ4n) is 3.17. The zero-order chi connectivity index (χ0) is 23.3. The van der Waals surface area contributed by atoms with Crippen molar-refractivity contribution in [3.63, 3.8) is 0 Å². The molecule has 33 heavy (non-hydrogen) atoms. The molecule has 5 nitrogen and oxygen atoms in total. The molecule has 1 aromatic heterocycles. The van der Waals surface area contributed by atoms with Crippen LogP contribution in [0.4, 0.5) is 18.9 Å². The van der Waals surface area contributed by atoms with E-state index < -0.39 is 11.7 Å². The van der Waals surface area contributed by atoms with Crippen LogP contribution >= 0.6 is 12.2 Å². The second kappa shape index (κ2) is 9.66. The maximum atomic E-state index is 13.2. The highest BCUT2D eigenvalue weighted by atomic mass is 32.1. The summed E-state index contributed by atoms with van der Waals surface area (Å²) >= 11 is 5.12. The Hall–Kier alpha value is -3.98. The second-order valence-electron chi connectivity index (χ2n) is 6.95. The molecule has 0 aliphatic heterocycles. The van der Waals surface area contributed by atoms with Gasteiger partial charge in [-0.2, -0.15) is 23.4 Å². The Morgan fingerprint density at radius 3 is 2.24 bits per heavy atom. The van der Waals surface area contributed by atoms with Crippen LogP contribution in [0.2, 0.25) is 0 Å². The van der Waals surface area contributed by atoms with Crippen LogP contribution in [0.1, 0.15) is 11.1 Å². The zero-order valence-electron chi connectivity index (χ0n) is 17.1. The molecular weight excluding hydrogens is 447 g/mol. The Bertz CT molecular complexity index is 1270. The lowest BCUT2D eigenvalue weighted by molar-refractivity contribution is -0.136. The minimum absolute atomic E-state index is 0.0698. The van der Waals surface area contributed by atoms with Gasteiger partial charge in [0, 0.05) is 17.3 Å². The van der Waals surface area contributed by atoms with Gasteiger partial charge in [0.25, 0.3) is 0 Å². The molecule has 2 N–H and O–H groups in total. The van der Waals surface area contributed by atoms with Gasteiger partial charge in [-0.15, -0.1) is 0 Å². The molecule has 3 aromatic carbocycles. The minimum Gasteiger partial charge on any atom is -0.331 e. The number of hydrogen-bond acceptors (Lipinski definition) is 3. The lowest BCUT2D eigenvalue weighted by atomic mass is 10.1. The van der Waals surface area contributed by atoms with E-state index in [1.54, 1.807) is 4.68 Å². The predicted molar refractivity (Wildman–Crippen MR) is 127 cm³/mol. The lowest BCUT2D eigenvalue weighted by Gasteiger charge is -2.14. The molecule has 0 spiro atoms. The molecule has 4 rings (SSSR count). The van der Waals surface area contributed by atoms with Crippen molar-refractivity contribution in [3.05, 3.63) is 102 Å². The first-order valence-electron chi connectivity index (χ1n) is 9.88. The molecular formula is C24H18F3N5S. The van der Waals surface area contributed by atoms with E-state index in [0.717, 1.165) is 17.3 Å². The highest BCUT2D eigenvalue weighted by Crippen LogP contribution is 2.34. The largest absolute Gasteiger partial charge is 0.418 e. The summed E-state index contributed by atoms with van der Waals surface area (Å²) in [4.78, 5) is 0. The summed E-state index contributed by atoms with van der Waals surface area (Å²) in [5.74, 6) is 0. The van der Waals surface area contributed by atoms with Crippen LogP contribution in [0, 0.1) is 0 Å². The Kier molecular flexibility index (Phi) is 6.50. The van der Waals surface area contributed by atoms with Crippen LogP contribution in [0.5, 0.6) is 0 Å². The molecule has 0 aliphatic rings. The maximum absolute atomic E-state index is 13.2. The lowest BCUT2D eigenvalue weighted by Crippen LogP contribution is -2.25. The SMILES string of the molecule is FC(F)(F)c1ccccc1NC(=S)N/N=C\c1cn(-c2ccccc2)nc1-c1ccccc1. The number of halogens is 3. The number of thiocarbonyl (C=S) groups is 1. The fraction of sp³-hybridized carbons (Fsp3) is 0.0417. The molecule has 0 aliphatic carbocycles. The number of hydrogen-bond donors (Lipinski definition) is 2. The number of aromatic nitrogens is 2. The molecule has 9 heteroatoms. The molecule has 0 saturated carbocycles. The molecule has 0 radical (unpaired) electrons. The third-order valence-corrected chi connectivity index (χ3v) is 4.85. The van der Waals surface area contributed by atoms with E-state index in [1.165, 1.54) is 24.4 Å². The van der Waals surface area contributed by atoms with E-state index in [2.05, 4.69) is 20.9 Å². The zero-order valence-corrected chi connectivity index (χ0v) is 17.9. The summed E-state index contributed by atoms with van der Waals surface area (Å²) in [5.41, 5.74) is 4.79. The van der Waals surface area contributed by atoms with Crippen LogP contribution in [-0.2, 0) is 6.18 Å². The average Bonchev–Trinajstić information content (AvgIpc) is 3.24. The van der Waals surface area contributed by atoms with Gasteiger partial charge in [-0.3, -0.25) is 5.43 Å². The Morgan fingerprint density at radius 2 is 1.55 bits per heavy atom. The number of hydrazone groups is 1. The van der Waals surface area contributed by atoms with Crippen molar-refractivity contribution in [2.24, 2.45) is 5.10 Å². The predicted octanol–water partition coefficient (Wildman–Crippen LogP) is 5.88. The highest BCUT2D eigenvalue weighted by molar-refractivity contribution is 7.80. The molecule has 0 fully saturated rings. The first-order chi connectivity index (χ1) is 15.9. The first-order valence-corrected chi connectivity index (χ1v) is 10.3. The van der Waals surface area contributed by atoms with Gasteiger partial charge in [0.1, 0.15) is 5.69 Å².